The van der Waals surface area contributed by atoms with Gasteiger partial charge in [0.2, 0.25) is 0 Å². The van der Waals surface area contributed by atoms with E-state index in [1.165, 1.54) is 23.1 Å². The molecule has 0 bridgehead atoms. The number of aliphatic hydroxyl groups excluding tert-OH is 1. The van der Waals surface area contributed by atoms with Crippen LogP contribution in [0, 0.1) is 5.92 Å². The van der Waals surface area contributed by atoms with Gasteiger partial charge in [-0.05, 0) is 50.4 Å². The minimum Gasteiger partial charge on any atom is -0.487 e. The number of thiophene rings is 1. The van der Waals surface area contributed by atoms with E-state index in [2.05, 4.69) is 10.0 Å². The van der Waals surface area contributed by atoms with Crippen LogP contribution in [0.3, 0.4) is 0 Å². The van der Waals surface area contributed by atoms with Crippen molar-refractivity contribution in [2.75, 3.05) is 31.5 Å². The molecule has 0 saturated carbocycles. The predicted molar refractivity (Wildman–Crippen MR) is 139 cm³/mol. The Morgan fingerprint density at radius 3 is 2.64 bits per heavy atom. The molecule has 3 amide bonds. The molecule has 198 valence electrons. The summed E-state index contributed by atoms with van der Waals surface area (Å²) < 4.78 is 34.3. The molecule has 3 rings (SSSR count). The number of carbonyl (C=O) groups excluding carboxylic acids is 2. The van der Waals surface area contributed by atoms with Gasteiger partial charge in [-0.25, -0.2) is 13.2 Å². The number of urea groups is 1. The van der Waals surface area contributed by atoms with Gasteiger partial charge in [-0.3, -0.25) is 9.52 Å². The first-order chi connectivity index (χ1) is 16.9. The number of benzene rings is 1. The average molecular weight is 539 g/mol. The fourth-order valence-electron chi connectivity index (χ4n) is 3.84. The van der Waals surface area contributed by atoms with E-state index in [0.717, 1.165) is 11.3 Å². The zero-order chi connectivity index (χ0) is 26.6. The molecule has 36 heavy (non-hydrogen) atoms. The van der Waals surface area contributed by atoms with Crippen LogP contribution in [0.25, 0.3) is 0 Å². The summed E-state index contributed by atoms with van der Waals surface area (Å²) in [5.41, 5.74) is 0.391. The topological polar surface area (TPSA) is 128 Å². The summed E-state index contributed by atoms with van der Waals surface area (Å²) in [5, 5.41) is 14.3. The third-order valence-corrected chi connectivity index (χ3v) is 8.67. The standard InChI is InChI=1S/C24H34N4O6S2/c1-15(2)25-24(31)27(5)13-21-16(3)12-28(17(4)14-29)23(30)19-11-18(8-9-20(19)34-21)26-36(32,33)22-7-6-10-35-22/h6-11,15-17,21,26,29H,12-14H2,1-5H3,(H,25,31)/t16-,17-,21+/m0/s1. The zero-order valence-corrected chi connectivity index (χ0v) is 22.7. The van der Waals surface area contributed by atoms with Gasteiger partial charge < -0.3 is 25.0 Å². The highest BCUT2D eigenvalue weighted by Crippen LogP contribution is 2.31. The van der Waals surface area contributed by atoms with Gasteiger partial charge in [0.15, 0.2) is 0 Å². The Morgan fingerprint density at radius 2 is 2.03 bits per heavy atom. The van der Waals surface area contributed by atoms with Crippen LogP contribution in [0.2, 0.25) is 0 Å². The molecule has 12 heteroatoms. The molecular formula is C24H34N4O6S2. The van der Waals surface area contributed by atoms with E-state index in [4.69, 9.17) is 4.74 Å². The van der Waals surface area contributed by atoms with Crippen molar-refractivity contribution in [3.8, 4) is 5.75 Å². The van der Waals surface area contributed by atoms with Crippen LogP contribution < -0.4 is 14.8 Å². The van der Waals surface area contributed by atoms with Crippen LogP contribution in [0.15, 0.2) is 39.9 Å². The van der Waals surface area contributed by atoms with Crippen LogP contribution >= 0.6 is 11.3 Å². The molecule has 1 aliphatic heterocycles. The van der Waals surface area contributed by atoms with E-state index in [-0.39, 0.29) is 64.8 Å². The second kappa shape index (κ2) is 11.5. The van der Waals surface area contributed by atoms with Crippen molar-refractivity contribution in [2.45, 2.75) is 50.1 Å². The van der Waals surface area contributed by atoms with Crippen molar-refractivity contribution in [3.63, 3.8) is 0 Å². The molecule has 2 aromatic rings. The summed E-state index contributed by atoms with van der Waals surface area (Å²) in [5.74, 6) is -0.259. The SMILES string of the molecule is CC(C)NC(=O)N(C)C[C@H]1Oc2ccc(NS(=O)(=O)c3cccs3)cc2C(=O)N([C@@H](C)CO)C[C@@H]1C. The summed E-state index contributed by atoms with van der Waals surface area (Å²) in [6, 6.07) is 6.95. The van der Waals surface area contributed by atoms with Gasteiger partial charge in [-0.15, -0.1) is 11.3 Å². The summed E-state index contributed by atoms with van der Waals surface area (Å²) >= 11 is 1.09. The van der Waals surface area contributed by atoms with Gasteiger partial charge in [0, 0.05) is 31.2 Å². The molecule has 0 radical (unpaired) electrons. The second-order valence-electron chi connectivity index (χ2n) is 9.36. The number of nitrogens with zero attached hydrogens (tertiary/aromatic N) is 2. The van der Waals surface area contributed by atoms with Crippen molar-refractivity contribution in [2.24, 2.45) is 5.92 Å². The molecule has 10 nitrogen and oxygen atoms in total. The third kappa shape index (κ3) is 6.48. The van der Waals surface area contributed by atoms with Crippen LogP contribution in [0.1, 0.15) is 38.1 Å². The number of fused-ring (bicyclic) bond motifs is 1. The monoisotopic (exact) mass is 538 g/mol. The van der Waals surface area contributed by atoms with Crippen molar-refractivity contribution >= 4 is 39.0 Å². The fourth-order valence-corrected chi connectivity index (χ4v) is 5.88. The van der Waals surface area contributed by atoms with Gasteiger partial charge in [-0.1, -0.05) is 13.0 Å². The Balaban J connectivity index is 1.95. The predicted octanol–water partition coefficient (Wildman–Crippen LogP) is 2.82. The Kier molecular flexibility index (Phi) is 8.85. The minimum atomic E-state index is -3.81. The maximum atomic E-state index is 13.5. The number of carbonyl (C=O) groups is 2. The summed E-state index contributed by atoms with van der Waals surface area (Å²) in [6.45, 7) is 7.74. The molecule has 0 saturated heterocycles. The quantitative estimate of drug-likeness (QED) is 0.474. The largest absolute Gasteiger partial charge is 0.487 e. The van der Waals surface area contributed by atoms with E-state index in [9.17, 15) is 23.1 Å². The van der Waals surface area contributed by atoms with Crippen molar-refractivity contribution in [1.82, 2.24) is 15.1 Å². The molecule has 1 aromatic heterocycles. The first-order valence-corrected chi connectivity index (χ1v) is 14.1. The number of sulfonamides is 1. The average Bonchev–Trinajstić information content (AvgIpc) is 3.36. The first kappa shape index (κ1) is 27.8. The molecule has 3 N–H and O–H groups in total. The van der Waals surface area contributed by atoms with E-state index in [0.29, 0.717) is 0 Å². The van der Waals surface area contributed by atoms with Gasteiger partial charge in [0.25, 0.3) is 15.9 Å². The van der Waals surface area contributed by atoms with Crippen LogP contribution in [-0.2, 0) is 10.0 Å². The number of anilines is 1. The number of amides is 3. The number of rotatable bonds is 8. The summed E-state index contributed by atoms with van der Waals surface area (Å²) in [7, 11) is -2.13. The summed E-state index contributed by atoms with van der Waals surface area (Å²) in [6.07, 6.45) is -0.457. The normalized spacial score (nSPS) is 19.1. The third-order valence-electron chi connectivity index (χ3n) is 5.89. The maximum absolute atomic E-state index is 13.5. The lowest BCUT2D eigenvalue weighted by Gasteiger charge is -2.38. The highest BCUT2D eigenvalue weighted by Gasteiger charge is 2.34. The van der Waals surface area contributed by atoms with E-state index in [1.54, 1.807) is 36.4 Å². The lowest BCUT2D eigenvalue weighted by atomic mass is 9.99. The molecular weight excluding hydrogens is 504 g/mol. The Hall–Kier alpha value is -2.83. The Labute approximate surface area is 216 Å². The van der Waals surface area contributed by atoms with Gasteiger partial charge in [0.1, 0.15) is 16.1 Å². The van der Waals surface area contributed by atoms with E-state index >= 15 is 0 Å². The number of hydrogen-bond donors (Lipinski definition) is 3. The maximum Gasteiger partial charge on any atom is 0.317 e. The number of aliphatic hydroxyl groups is 1. The van der Waals surface area contributed by atoms with Crippen LogP contribution in [0.4, 0.5) is 10.5 Å². The molecule has 3 atom stereocenters. The molecule has 0 aliphatic carbocycles. The highest BCUT2D eigenvalue weighted by molar-refractivity contribution is 7.94. The molecule has 2 heterocycles. The van der Waals surface area contributed by atoms with Gasteiger partial charge >= 0.3 is 6.03 Å². The molecule has 0 unspecified atom stereocenters. The van der Waals surface area contributed by atoms with Crippen molar-refractivity contribution < 1.29 is 27.9 Å². The number of likely N-dealkylation sites (N-methyl/N-ethyl adjacent to an activating group) is 1. The minimum absolute atomic E-state index is 0.0220. The van der Waals surface area contributed by atoms with Crippen molar-refractivity contribution in [3.05, 3.63) is 41.3 Å². The molecule has 1 aromatic carbocycles. The second-order valence-corrected chi connectivity index (χ2v) is 12.2. The smallest absolute Gasteiger partial charge is 0.317 e. The Morgan fingerprint density at radius 1 is 1.31 bits per heavy atom. The number of hydrogen-bond acceptors (Lipinski definition) is 7. The first-order valence-electron chi connectivity index (χ1n) is 11.7. The lowest BCUT2D eigenvalue weighted by molar-refractivity contribution is 0.0366. The Bertz CT molecular complexity index is 1170. The van der Waals surface area contributed by atoms with Crippen LogP contribution in [0.5, 0.6) is 5.75 Å². The van der Waals surface area contributed by atoms with Gasteiger partial charge in [-0.2, -0.15) is 0 Å². The van der Waals surface area contributed by atoms with Crippen molar-refractivity contribution in [1.29, 1.82) is 0 Å². The zero-order valence-electron chi connectivity index (χ0n) is 21.1. The van der Waals surface area contributed by atoms with E-state index < -0.39 is 22.2 Å². The fraction of sp³-hybridized carbons (Fsp3) is 0.500. The molecule has 0 spiro atoms. The van der Waals surface area contributed by atoms with Gasteiger partial charge in [0.05, 0.1) is 24.8 Å². The highest BCUT2D eigenvalue weighted by atomic mass is 32.2. The van der Waals surface area contributed by atoms with E-state index in [1.807, 2.05) is 20.8 Å². The number of nitrogens with one attached hydrogen (secondary N) is 2. The molecule has 0 fully saturated rings. The summed E-state index contributed by atoms with van der Waals surface area (Å²) in [4.78, 5) is 29.1. The van der Waals surface area contributed by atoms with Crippen LogP contribution in [-0.4, -0.2) is 80.2 Å². The molecule has 1 aliphatic rings. The lowest BCUT2D eigenvalue weighted by Crippen LogP contribution is -2.51. The number of ether oxygens (including phenoxy) is 1.